The molecule has 2 aromatic rings. The number of aryl methyl sites for hydroxylation is 2. The van der Waals surface area contributed by atoms with E-state index in [9.17, 15) is 17.3 Å². The third-order valence-corrected chi connectivity index (χ3v) is 16.7. The number of anilines is 2. The van der Waals surface area contributed by atoms with Gasteiger partial charge in [0, 0.05) is 24.9 Å². The summed E-state index contributed by atoms with van der Waals surface area (Å²) in [5, 5.41) is 2.10. The minimum atomic E-state index is -6.00. The summed E-state index contributed by atoms with van der Waals surface area (Å²) in [5.41, 5.74) is 4.52. The van der Waals surface area contributed by atoms with Crippen molar-refractivity contribution >= 4 is 50.9 Å². The standard InChI is InChI=1S/C26H40BF2NP2.BF4/c1-17(2)31(18(3)4)25-15-21(9)11-13-23(25)30-24-14-12-22(10)16-26(24)32(19(5)6,20(7)8)27(30,28)29;2-1(3,4)5/h11-20H,1-10H3;/q;-1/p+1. The molecule has 0 aromatic heterocycles. The van der Waals surface area contributed by atoms with E-state index in [2.05, 4.69) is 46.8 Å². The SMILES string of the molecule is Cc1ccc(N2c3ccc(C)cc3[P+](C(C)C)(C(C)C)[B-]2(F)F)c([PH+](C(C)C)C(C)C)c1.F[B-](F)(F)F. The Morgan fingerprint density at radius 3 is 1.54 bits per heavy atom. The molecule has 0 saturated carbocycles. The predicted octanol–water partition coefficient (Wildman–Crippen LogP) is 9.25. The zero-order valence-corrected chi connectivity index (χ0v) is 25.5. The molecule has 0 saturated heterocycles. The maximum atomic E-state index is 17.0. The van der Waals surface area contributed by atoms with E-state index in [0.29, 0.717) is 11.3 Å². The molecular formula is C26H41B2F6NP2. The van der Waals surface area contributed by atoms with Crippen LogP contribution in [-0.4, -0.2) is 36.4 Å². The van der Waals surface area contributed by atoms with Crippen LogP contribution in [0.3, 0.4) is 0 Å². The second-order valence-electron chi connectivity index (χ2n) is 11.3. The van der Waals surface area contributed by atoms with Gasteiger partial charge in [-0.15, -0.1) is 0 Å². The van der Waals surface area contributed by atoms with Crippen molar-refractivity contribution in [2.45, 2.75) is 91.9 Å². The summed E-state index contributed by atoms with van der Waals surface area (Å²) in [4.78, 5) is 1.52. The van der Waals surface area contributed by atoms with Crippen LogP contribution in [0.5, 0.6) is 0 Å². The van der Waals surface area contributed by atoms with E-state index in [1.165, 1.54) is 10.1 Å². The molecule has 1 heterocycles. The van der Waals surface area contributed by atoms with E-state index >= 15 is 8.63 Å². The van der Waals surface area contributed by atoms with Gasteiger partial charge < -0.3 is 30.7 Å². The van der Waals surface area contributed by atoms with E-state index in [1.807, 2.05) is 58.9 Å². The normalized spacial score (nSPS) is 16.6. The van der Waals surface area contributed by atoms with E-state index < -0.39 is 28.9 Å². The molecule has 0 unspecified atom stereocenters. The summed E-state index contributed by atoms with van der Waals surface area (Å²) >= 11 is 0. The Kier molecular flexibility index (Phi) is 9.96. The Bertz CT molecular complexity index is 1070. The lowest BCUT2D eigenvalue weighted by atomic mass is 10.0. The summed E-state index contributed by atoms with van der Waals surface area (Å²) in [6, 6.07) is 12.2. The Morgan fingerprint density at radius 2 is 1.14 bits per heavy atom. The third-order valence-electron chi connectivity index (χ3n) is 7.31. The summed E-state index contributed by atoms with van der Waals surface area (Å²) in [6.07, 6.45) is 0. The van der Waals surface area contributed by atoms with Gasteiger partial charge in [0.25, 0.3) is 0 Å². The van der Waals surface area contributed by atoms with Crippen LogP contribution in [-0.2, 0) is 0 Å². The van der Waals surface area contributed by atoms with Gasteiger partial charge in [-0.05, 0) is 112 Å². The van der Waals surface area contributed by atoms with Crippen LogP contribution in [0.2, 0.25) is 0 Å². The molecule has 208 valence electrons. The molecule has 0 aliphatic carbocycles. The number of nitrogens with zero attached hydrogens (tertiary/aromatic N) is 1. The molecule has 3 rings (SSSR count). The highest BCUT2D eigenvalue weighted by Crippen LogP contribution is 2.79. The molecule has 0 atom stereocenters. The minimum absolute atomic E-state index is 0.0723. The average Bonchev–Trinajstić information content (AvgIpc) is 2.89. The van der Waals surface area contributed by atoms with Gasteiger partial charge >= 0.3 is 13.8 Å². The lowest BCUT2D eigenvalue weighted by Gasteiger charge is -2.44. The average molecular weight is 565 g/mol. The van der Waals surface area contributed by atoms with Gasteiger partial charge in [-0.3, -0.25) is 0 Å². The smallest absolute Gasteiger partial charge is 0.419 e. The molecule has 0 fully saturated rings. The number of hydrogen-bond acceptors (Lipinski definition) is 1. The first-order valence-corrected chi connectivity index (χ1v) is 16.6. The number of rotatable bonds is 6. The van der Waals surface area contributed by atoms with Gasteiger partial charge in [-0.25, -0.2) is 0 Å². The highest BCUT2D eigenvalue weighted by Gasteiger charge is 2.71. The molecule has 37 heavy (non-hydrogen) atoms. The molecule has 1 nitrogen and oxygen atoms in total. The highest BCUT2D eigenvalue weighted by molar-refractivity contribution is 8.13. The predicted molar refractivity (Wildman–Crippen MR) is 158 cm³/mol. The fraction of sp³-hybridized carbons (Fsp3) is 0.538. The Balaban J connectivity index is 0.000000877. The van der Waals surface area contributed by atoms with Crippen LogP contribution in [0.1, 0.15) is 66.5 Å². The monoisotopic (exact) mass is 565 g/mol. The van der Waals surface area contributed by atoms with E-state index in [1.54, 1.807) is 0 Å². The first-order chi connectivity index (χ1) is 16.8. The van der Waals surface area contributed by atoms with Gasteiger partial charge in [-0.1, -0.05) is 12.1 Å². The Morgan fingerprint density at radius 1 is 0.730 bits per heavy atom. The van der Waals surface area contributed by atoms with Crippen LogP contribution in [0.15, 0.2) is 36.4 Å². The minimum Gasteiger partial charge on any atom is -0.419 e. The molecular weight excluding hydrogens is 524 g/mol. The van der Waals surface area contributed by atoms with E-state index in [-0.39, 0.29) is 11.3 Å². The summed E-state index contributed by atoms with van der Waals surface area (Å²) in [6.45, 7) is 17.4. The number of fused-ring (bicyclic) bond motifs is 1. The van der Waals surface area contributed by atoms with Crippen molar-refractivity contribution in [3.63, 3.8) is 0 Å². The number of halogens is 6. The first-order valence-electron chi connectivity index (χ1n) is 12.9. The topological polar surface area (TPSA) is 3.24 Å². The first kappa shape index (κ1) is 32.0. The maximum Gasteiger partial charge on any atom is 0.673 e. The van der Waals surface area contributed by atoms with Crippen molar-refractivity contribution in [2.24, 2.45) is 0 Å². The van der Waals surface area contributed by atoms with Crippen LogP contribution in [0.25, 0.3) is 0 Å². The Hall–Kier alpha value is -1.19. The zero-order valence-electron chi connectivity index (χ0n) is 23.6. The van der Waals surface area contributed by atoms with Crippen molar-refractivity contribution < 1.29 is 25.9 Å². The third kappa shape index (κ3) is 6.19. The lowest BCUT2D eigenvalue weighted by Crippen LogP contribution is -2.48. The Labute approximate surface area is 221 Å². The molecule has 0 spiro atoms. The zero-order chi connectivity index (χ0) is 28.7. The van der Waals surface area contributed by atoms with Gasteiger partial charge in [0.2, 0.25) is 0 Å². The van der Waals surface area contributed by atoms with Crippen LogP contribution >= 0.6 is 15.1 Å². The van der Waals surface area contributed by atoms with Crippen molar-refractivity contribution in [2.75, 3.05) is 4.81 Å². The van der Waals surface area contributed by atoms with Crippen molar-refractivity contribution in [3.05, 3.63) is 47.5 Å². The molecule has 0 N–H and O–H groups in total. The van der Waals surface area contributed by atoms with Crippen molar-refractivity contribution in [1.29, 1.82) is 0 Å². The second-order valence-corrected chi connectivity index (χ2v) is 19.8. The number of hydrogen-bond donors (Lipinski definition) is 0. The summed E-state index contributed by atoms with van der Waals surface area (Å²) in [7, 11) is -9.81. The fourth-order valence-electron chi connectivity index (χ4n) is 6.22. The fourth-order valence-corrected chi connectivity index (χ4v) is 15.4. The van der Waals surface area contributed by atoms with Crippen LogP contribution < -0.4 is 15.4 Å². The van der Waals surface area contributed by atoms with E-state index in [4.69, 9.17) is 0 Å². The number of benzene rings is 2. The van der Waals surface area contributed by atoms with Crippen LogP contribution in [0, 0.1) is 13.8 Å². The lowest BCUT2D eigenvalue weighted by molar-refractivity contribution is 0.368. The molecule has 0 amide bonds. The van der Waals surface area contributed by atoms with Gasteiger partial charge in [0.1, 0.15) is 5.30 Å². The second kappa shape index (κ2) is 11.5. The van der Waals surface area contributed by atoms with E-state index in [0.717, 1.165) is 27.8 Å². The van der Waals surface area contributed by atoms with Crippen molar-refractivity contribution in [1.82, 2.24) is 0 Å². The summed E-state index contributed by atoms with van der Waals surface area (Å²) < 4.78 is 73.1. The van der Waals surface area contributed by atoms with Crippen LogP contribution in [0.4, 0.5) is 37.3 Å². The summed E-state index contributed by atoms with van der Waals surface area (Å²) in [5.74, 6) is 0. The molecule has 0 radical (unpaired) electrons. The largest absolute Gasteiger partial charge is 0.673 e. The molecule has 1 aliphatic rings. The molecule has 0 bridgehead atoms. The van der Waals surface area contributed by atoms with Gasteiger partial charge in [0.15, 0.2) is 0 Å². The van der Waals surface area contributed by atoms with Gasteiger partial charge in [0.05, 0.1) is 22.3 Å². The molecule has 2 aromatic carbocycles. The molecule has 1 aliphatic heterocycles. The molecule has 11 heteroatoms. The van der Waals surface area contributed by atoms with Gasteiger partial charge in [-0.2, -0.15) is 0 Å². The maximum absolute atomic E-state index is 17.0. The quantitative estimate of drug-likeness (QED) is 0.192. The van der Waals surface area contributed by atoms with Crippen molar-refractivity contribution in [3.8, 4) is 0 Å². The highest BCUT2D eigenvalue weighted by atomic mass is 31.2.